The molecule has 0 spiro atoms. The standard InChI is InChI=1S/C28H40N6O6/c1-5-17-29-23(35)30(18-6-2)26(38)33(25(29)37)21-15-13-11-9-10-12-14-16-22-34-27(39)31(19-7-3)24(36)32(20-8-4)28(34)40/h5-8H,1-4,9-22H2. The van der Waals surface area contributed by atoms with E-state index in [-0.39, 0.29) is 39.3 Å². The SMILES string of the molecule is C=CCn1c(=O)n(CC=C)c(=O)n(CCCCCCCCCCn2c(=O)n(CC=C)c(=O)n(CC=C)c2=O)c1=O. The Labute approximate surface area is 231 Å². The number of nitrogens with zero attached hydrogens (tertiary/aromatic N) is 6. The predicted molar refractivity (Wildman–Crippen MR) is 156 cm³/mol. The molecule has 40 heavy (non-hydrogen) atoms. The summed E-state index contributed by atoms with van der Waals surface area (Å²) in [6, 6.07) is 0. The molecule has 0 aromatic carbocycles. The van der Waals surface area contributed by atoms with Gasteiger partial charge < -0.3 is 0 Å². The first-order valence-corrected chi connectivity index (χ1v) is 13.6. The highest BCUT2D eigenvalue weighted by atomic mass is 16.2. The molecule has 0 aliphatic carbocycles. The van der Waals surface area contributed by atoms with Gasteiger partial charge in [0.1, 0.15) is 0 Å². The van der Waals surface area contributed by atoms with Crippen molar-refractivity contribution in [2.24, 2.45) is 0 Å². The van der Waals surface area contributed by atoms with E-state index in [0.717, 1.165) is 65.9 Å². The number of allylic oxidation sites excluding steroid dienone is 4. The van der Waals surface area contributed by atoms with Crippen molar-refractivity contribution in [2.45, 2.75) is 90.6 Å². The lowest BCUT2D eigenvalue weighted by atomic mass is 10.1. The number of hydrogen-bond donors (Lipinski definition) is 0. The quantitative estimate of drug-likeness (QED) is 0.189. The second-order valence-electron chi connectivity index (χ2n) is 9.42. The third-order valence-electron chi connectivity index (χ3n) is 6.53. The van der Waals surface area contributed by atoms with Crippen LogP contribution < -0.4 is 34.1 Å². The Balaban J connectivity index is 1.84. The molecule has 0 unspecified atom stereocenters. The van der Waals surface area contributed by atoms with Crippen molar-refractivity contribution >= 4 is 0 Å². The van der Waals surface area contributed by atoms with Gasteiger partial charge >= 0.3 is 34.1 Å². The van der Waals surface area contributed by atoms with Crippen LogP contribution >= 0.6 is 0 Å². The average Bonchev–Trinajstić information content (AvgIpc) is 2.93. The highest BCUT2D eigenvalue weighted by molar-refractivity contribution is 4.86. The molecule has 2 heterocycles. The number of hydrogen-bond acceptors (Lipinski definition) is 6. The summed E-state index contributed by atoms with van der Waals surface area (Å²) in [6.45, 7) is 14.8. The van der Waals surface area contributed by atoms with Crippen molar-refractivity contribution in [2.75, 3.05) is 0 Å². The molecule has 0 saturated heterocycles. The Kier molecular flexibility index (Phi) is 12.8. The molecule has 0 saturated carbocycles. The zero-order valence-corrected chi connectivity index (χ0v) is 23.2. The van der Waals surface area contributed by atoms with Crippen LogP contribution in [0.25, 0.3) is 0 Å². The largest absolute Gasteiger partial charge is 0.336 e. The maximum absolute atomic E-state index is 12.7. The highest BCUT2D eigenvalue weighted by Crippen LogP contribution is 2.09. The van der Waals surface area contributed by atoms with E-state index in [0.29, 0.717) is 12.8 Å². The molecule has 0 amide bonds. The molecule has 0 atom stereocenters. The molecular formula is C28H40N6O6. The smallest absolute Gasteiger partial charge is 0.247 e. The van der Waals surface area contributed by atoms with E-state index in [4.69, 9.17) is 0 Å². The molecule has 0 N–H and O–H groups in total. The fraction of sp³-hybridized carbons (Fsp3) is 0.500. The Hall–Kier alpha value is -4.22. The molecular weight excluding hydrogens is 516 g/mol. The van der Waals surface area contributed by atoms with E-state index in [1.165, 1.54) is 24.3 Å². The molecule has 0 aliphatic heterocycles. The minimum atomic E-state index is -0.670. The second-order valence-corrected chi connectivity index (χ2v) is 9.42. The van der Waals surface area contributed by atoms with Crippen molar-refractivity contribution in [1.82, 2.24) is 27.4 Å². The Morgan fingerprint density at radius 1 is 0.350 bits per heavy atom. The van der Waals surface area contributed by atoms with Crippen molar-refractivity contribution in [3.63, 3.8) is 0 Å². The molecule has 0 bridgehead atoms. The van der Waals surface area contributed by atoms with Crippen LogP contribution in [-0.4, -0.2) is 27.4 Å². The van der Waals surface area contributed by atoms with Gasteiger partial charge in [0.2, 0.25) is 0 Å². The Bertz CT molecular complexity index is 1350. The number of rotatable bonds is 19. The fourth-order valence-corrected chi connectivity index (χ4v) is 4.49. The number of unbranched alkanes of at least 4 members (excludes halogenated alkanes) is 7. The van der Waals surface area contributed by atoms with E-state index in [9.17, 15) is 28.8 Å². The van der Waals surface area contributed by atoms with Crippen LogP contribution in [0.4, 0.5) is 0 Å². The van der Waals surface area contributed by atoms with Crippen LogP contribution in [0.5, 0.6) is 0 Å². The first-order chi connectivity index (χ1) is 19.2. The van der Waals surface area contributed by atoms with Gasteiger partial charge in [-0.1, -0.05) is 62.8 Å². The third-order valence-corrected chi connectivity index (χ3v) is 6.53. The van der Waals surface area contributed by atoms with Crippen molar-refractivity contribution in [3.8, 4) is 0 Å². The summed E-state index contributed by atoms with van der Waals surface area (Å²) in [4.78, 5) is 75.5. The van der Waals surface area contributed by atoms with Crippen LogP contribution in [0.15, 0.2) is 79.4 Å². The van der Waals surface area contributed by atoms with Gasteiger partial charge in [-0.05, 0) is 12.8 Å². The highest BCUT2D eigenvalue weighted by Gasteiger charge is 2.15. The van der Waals surface area contributed by atoms with Crippen LogP contribution in [0.3, 0.4) is 0 Å². The van der Waals surface area contributed by atoms with Crippen LogP contribution in [0.1, 0.15) is 51.4 Å². The molecule has 12 nitrogen and oxygen atoms in total. The summed E-state index contributed by atoms with van der Waals surface area (Å²) < 4.78 is 6.17. The van der Waals surface area contributed by atoms with Gasteiger partial charge in [-0.15, -0.1) is 26.3 Å². The maximum Gasteiger partial charge on any atom is 0.336 e. The van der Waals surface area contributed by atoms with E-state index < -0.39 is 34.1 Å². The molecule has 2 aromatic heterocycles. The van der Waals surface area contributed by atoms with Crippen LogP contribution in [-0.2, 0) is 39.3 Å². The lowest BCUT2D eigenvalue weighted by Gasteiger charge is -2.12. The molecule has 12 heteroatoms. The number of aromatic nitrogens is 6. The van der Waals surface area contributed by atoms with Crippen LogP contribution in [0.2, 0.25) is 0 Å². The average molecular weight is 557 g/mol. The van der Waals surface area contributed by atoms with Gasteiger partial charge in [0.25, 0.3) is 0 Å². The van der Waals surface area contributed by atoms with Gasteiger partial charge in [0.15, 0.2) is 0 Å². The third kappa shape index (κ3) is 7.67. The van der Waals surface area contributed by atoms with Gasteiger partial charge in [-0.3, -0.25) is 0 Å². The lowest BCUT2D eigenvalue weighted by Crippen LogP contribution is -2.54. The van der Waals surface area contributed by atoms with Gasteiger partial charge in [0.05, 0.1) is 26.2 Å². The molecule has 2 rings (SSSR count). The topological polar surface area (TPSA) is 132 Å². The van der Waals surface area contributed by atoms with Crippen molar-refractivity contribution < 1.29 is 0 Å². The maximum atomic E-state index is 12.7. The van der Waals surface area contributed by atoms with Gasteiger partial charge in [0, 0.05) is 13.1 Å². The van der Waals surface area contributed by atoms with Gasteiger partial charge in [-0.25, -0.2) is 56.2 Å². The molecule has 218 valence electrons. The summed E-state index contributed by atoms with van der Waals surface area (Å²) in [5.74, 6) is 0. The zero-order chi connectivity index (χ0) is 29.7. The normalized spacial score (nSPS) is 10.9. The van der Waals surface area contributed by atoms with Crippen molar-refractivity contribution in [3.05, 3.63) is 114 Å². The first kappa shape index (κ1) is 32.0. The Morgan fingerprint density at radius 3 is 0.775 bits per heavy atom. The lowest BCUT2D eigenvalue weighted by molar-refractivity contribution is 0.448. The van der Waals surface area contributed by atoms with E-state index in [2.05, 4.69) is 26.3 Å². The van der Waals surface area contributed by atoms with Gasteiger partial charge in [-0.2, -0.15) is 0 Å². The summed E-state index contributed by atoms with van der Waals surface area (Å²) in [5, 5.41) is 0. The van der Waals surface area contributed by atoms with E-state index >= 15 is 0 Å². The second kappa shape index (κ2) is 16.0. The zero-order valence-electron chi connectivity index (χ0n) is 23.2. The molecule has 2 aromatic rings. The minimum Gasteiger partial charge on any atom is -0.247 e. The summed E-state index contributed by atoms with van der Waals surface area (Å²) in [6.07, 6.45) is 12.4. The summed E-state index contributed by atoms with van der Waals surface area (Å²) in [5.41, 5.74) is -3.87. The summed E-state index contributed by atoms with van der Waals surface area (Å²) >= 11 is 0. The monoisotopic (exact) mass is 556 g/mol. The van der Waals surface area contributed by atoms with E-state index in [1.54, 1.807) is 0 Å². The van der Waals surface area contributed by atoms with E-state index in [1.807, 2.05) is 0 Å². The van der Waals surface area contributed by atoms with Crippen LogP contribution in [0, 0.1) is 0 Å². The first-order valence-electron chi connectivity index (χ1n) is 13.6. The Morgan fingerprint density at radius 2 is 0.550 bits per heavy atom. The predicted octanol–water partition coefficient (Wildman–Crippen LogP) is 1.22. The molecule has 0 aliphatic rings. The minimum absolute atomic E-state index is 0.0213. The molecule has 0 radical (unpaired) electrons. The summed E-state index contributed by atoms with van der Waals surface area (Å²) in [7, 11) is 0. The fourth-order valence-electron chi connectivity index (χ4n) is 4.49. The molecule has 0 fully saturated rings. The van der Waals surface area contributed by atoms with Crippen molar-refractivity contribution in [1.29, 1.82) is 0 Å².